The molecule has 0 spiro atoms. The molecule has 0 aromatic heterocycles. The highest BCUT2D eigenvalue weighted by Crippen LogP contribution is 1.97. The monoisotopic (exact) mass is 201 g/mol. The molecule has 14 heavy (non-hydrogen) atoms. The highest BCUT2D eigenvalue weighted by molar-refractivity contribution is 5.74. The van der Waals surface area contributed by atoms with Gasteiger partial charge in [0.1, 0.15) is 0 Å². The fraction of sp³-hybridized carbons (Fsp3) is 0.778. The van der Waals surface area contributed by atoms with E-state index in [1.807, 2.05) is 20.8 Å². The number of carbonyl (C=O) groups is 2. The standard InChI is InChI=1S/C9H19N3O2/c1-9(2,3)12-8(14)11-6-4-5-10-7-13/h7H,4-6H2,1-3H3,(H,10,13)(H2,11,12,14). The van der Waals surface area contributed by atoms with Gasteiger partial charge in [0.05, 0.1) is 0 Å². The maximum Gasteiger partial charge on any atom is 0.315 e. The van der Waals surface area contributed by atoms with Crippen LogP contribution < -0.4 is 16.0 Å². The predicted molar refractivity (Wildman–Crippen MR) is 55.0 cm³/mol. The summed E-state index contributed by atoms with van der Waals surface area (Å²) in [4.78, 5) is 21.1. The minimum atomic E-state index is -0.217. The van der Waals surface area contributed by atoms with Gasteiger partial charge in [-0.3, -0.25) is 4.79 Å². The van der Waals surface area contributed by atoms with Crippen molar-refractivity contribution in [3.05, 3.63) is 0 Å². The fourth-order valence-corrected chi connectivity index (χ4v) is 0.836. The van der Waals surface area contributed by atoms with E-state index in [0.717, 1.165) is 6.42 Å². The fourth-order valence-electron chi connectivity index (χ4n) is 0.836. The Morgan fingerprint density at radius 2 is 1.93 bits per heavy atom. The van der Waals surface area contributed by atoms with Crippen LogP contribution in [0.2, 0.25) is 0 Å². The van der Waals surface area contributed by atoms with Crippen molar-refractivity contribution in [1.82, 2.24) is 16.0 Å². The van der Waals surface area contributed by atoms with Gasteiger partial charge in [0, 0.05) is 18.6 Å². The van der Waals surface area contributed by atoms with Gasteiger partial charge in [-0.25, -0.2) is 4.79 Å². The quantitative estimate of drug-likeness (QED) is 0.440. The highest BCUT2D eigenvalue weighted by Gasteiger charge is 2.12. The van der Waals surface area contributed by atoms with Gasteiger partial charge in [-0.2, -0.15) is 0 Å². The normalized spacial score (nSPS) is 10.5. The summed E-state index contributed by atoms with van der Waals surface area (Å²) >= 11 is 0. The number of hydrogen-bond donors (Lipinski definition) is 3. The molecule has 0 aromatic carbocycles. The molecule has 0 fully saturated rings. The number of urea groups is 1. The minimum Gasteiger partial charge on any atom is -0.359 e. The Labute approximate surface area is 84.6 Å². The second-order valence-electron chi connectivity index (χ2n) is 4.06. The van der Waals surface area contributed by atoms with Crippen molar-refractivity contribution < 1.29 is 9.59 Å². The van der Waals surface area contributed by atoms with Crippen LogP contribution in [0.1, 0.15) is 27.2 Å². The van der Waals surface area contributed by atoms with Crippen molar-refractivity contribution in [2.75, 3.05) is 13.1 Å². The van der Waals surface area contributed by atoms with E-state index in [1.54, 1.807) is 0 Å². The molecule has 0 rings (SSSR count). The van der Waals surface area contributed by atoms with Crippen LogP contribution in [0.15, 0.2) is 0 Å². The first-order valence-electron chi connectivity index (χ1n) is 4.69. The van der Waals surface area contributed by atoms with Crippen LogP contribution in [0.3, 0.4) is 0 Å². The Morgan fingerprint density at radius 1 is 1.29 bits per heavy atom. The lowest BCUT2D eigenvalue weighted by atomic mass is 10.1. The lowest BCUT2D eigenvalue weighted by Gasteiger charge is -2.20. The van der Waals surface area contributed by atoms with E-state index >= 15 is 0 Å². The van der Waals surface area contributed by atoms with Crippen molar-refractivity contribution in [1.29, 1.82) is 0 Å². The van der Waals surface area contributed by atoms with Gasteiger partial charge in [-0.05, 0) is 27.2 Å². The van der Waals surface area contributed by atoms with E-state index in [9.17, 15) is 9.59 Å². The Bertz CT molecular complexity index is 187. The molecular formula is C9H19N3O2. The van der Waals surface area contributed by atoms with Crippen LogP contribution >= 0.6 is 0 Å². The molecule has 5 heteroatoms. The molecular weight excluding hydrogens is 182 g/mol. The molecule has 3 N–H and O–H groups in total. The zero-order valence-electron chi connectivity index (χ0n) is 9.02. The summed E-state index contributed by atoms with van der Waals surface area (Å²) in [5, 5.41) is 7.98. The third-order valence-corrected chi connectivity index (χ3v) is 1.36. The number of hydrogen-bond acceptors (Lipinski definition) is 2. The maximum absolute atomic E-state index is 11.2. The number of carbonyl (C=O) groups excluding carboxylic acids is 2. The van der Waals surface area contributed by atoms with Crippen LogP contribution in [-0.4, -0.2) is 31.1 Å². The SMILES string of the molecule is CC(C)(C)NC(=O)NCCCNC=O. The van der Waals surface area contributed by atoms with Gasteiger partial charge in [-0.1, -0.05) is 0 Å². The summed E-state index contributed by atoms with van der Waals surface area (Å²) < 4.78 is 0. The molecule has 0 aliphatic heterocycles. The third kappa shape index (κ3) is 8.83. The van der Waals surface area contributed by atoms with Crippen LogP contribution in [0, 0.1) is 0 Å². The van der Waals surface area contributed by atoms with Crippen LogP contribution in [0.5, 0.6) is 0 Å². The number of amides is 3. The van der Waals surface area contributed by atoms with Gasteiger partial charge in [0.15, 0.2) is 0 Å². The molecule has 0 bridgehead atoms. The van der Waals surface area contributed by atoms with E-state index in [0.29, 0.717) is 19.5 Å². The second kappa shape index (κ2) is 6.23. The van der Waals surface area contributed by atoms with Gasteiger partial charge < -0.3 is 16.0 Å². The summed E-state index contributed by atoms with van der Waals surface area (Å²) in [6.07, 6.45) is 1.38. The molecule has 0 aliphatic carbocycles. The molecule has 3 amide bonds. The molecule has 0 aliphatic rings. The van der Waals surface area contributed by atoms with E-state index in [4.69, 9.17) is 0 Å². The molecule has 0 radical (unpaired) electrons. The average Bonchev–Trinajstić information content (AvgIpc) is 2.00. The summed E-state index contributed by atoms with van der Waals surface area (Å²) in [7, 11) is 0. The molecule has 0 saturated carbocycles. The summed E-state index contributed by atoms with van der Waals surface area (Å²) in [6.45, 7) is 6.89. The Kier molecular flexibility index (Phi) is 5.67. The zero-order valence-corrected chi connectivity index (χ0v) is 9.02. The Balaban J connectivity index is 3.41. The van der Waals surface area contributed by atoms with E-state index in [-0.39, 0.29) is 11.6 Å². The van der Waals surface area contributed by atoms with Gasteiger partial charge in [0.2, 0.25) is 6.41 Å². The number of nitrogens with one attached hydrogen (secondary N) is 3. The van der Waals surface area contributed by atoms with Crippen molar-refractivity contribution in [2.45, 2.75) is 32.7 Å². The lowest BCUT2D eigenvalue weighted by molar-refractivity contribution is -0.109. The Morgan fingerprint density at radius 3 is 2.43 bits per heavy atom. The molecule has 0 unspecified atom stereocenters. The lowest BCUT2D eigenvalue weighted by Crippen LogP contribution is -2.46. The van der Waals surface area contributed by atoms with E-state index in [2.05, 4.69) is 16.0 Å². The minimum absolute atomic E-state index is 0.177. The molecule has 5 nitrogen and oxygen atoms in total. The van der Waals surface area contributed by atoms with Gasteiger partial charge >= 0.3 is 6.03 Å². The molecule has 0 atom stereocenters. The summed E-state index contributed by atoms with van der Waals surface area (Å²) in [6, 6.07) is -0.177. The first-order valence-corrected chi connectivity index (χ1v) is 4.69. The average molecular weight is 201 g/mol. The van der Waals surface area contributed by atoms with Crippen molar-refractivity contribution in [3.8, 4) is 0 Å². The number of rotatable bonds is 5. The molecule has 82 valence electrons. The maximum atomic E-state index is 11.2. The summed E-state index contributed by atoms with van der Waals surface area (Å²) in [5.41, 5.74) is -0.217. The van der Waals surface area contributed by atoms with Crippen molar-refractivity contribution in [3.63, 3.8) is 0 Å². The van der Waals surface area contributed by atoms with Gasteiger partial charge in [0.25, 0.3) is 0 Å². The molecule has 0 heterocycles. The largest absolute Gasteiger partial charge is 0.359 e. The Hall–Kier alpha value is -1.26. The van der Waals surface area contributed by atoms with E-state index in [1.165, 1.54) is 0 Å². The van der Waals surface area contributed by atoms with Crippen molar-refractivity contribution in [2.24, 2.45) is 0 Å². The summed E-state index contributed by atoms with van der Waals surface area (Å²) in [5.74, 6) is 0. The smallest absolute Gasteiger partial charge is 0.315 e. The van der Waals surface area contributed by atoms with Crippen LogP contribution in [0.25, 0.3) is 0 Å². The first-order chi connectivity index (χ1) is 6.45. The van der Waals surface area contributed by atoms with E-state index < -0.39 is 0 Å². The predicted octanol–water partition coefficient (Wildman–Crippen LogP) is 0.220. The molecule has 0 aromatic rings. The van der Waals surface area contributed by atoms with Crippen LogP contribution in [-0.2, 0) is 4.79 Å². The first kappa shape index (κ1) is 12.7. The van der Waals surface area contributed by atoms with Gasteiger partial charge in [-0.15, -0.1) is 0 Å². The topological polar surface area (TPSA) is 70.2 Å². The second-order valence-corrected chi connectivity index (χ2v) is 4.06. The van der Waals surface area contributed by atoms with Crippen LogP contribution in [0.4, 0.5) is 4.79 Å². The highest BCUT2D eigenvalue weighted by atomic mass is 16.2. The zero-order chi connectivity index (χ0) is 11.0. The molecule has 0 saturated heterocycles. The third-order valence-electron chi connectivity index (χ3n) is 1.36. The van der Waals surface area contributed by atoms with Crippen molar-refractivity contribution >= 4 is 12.4 Å².